The summed E-state index contributed by atoms with van der Waals surface area (Å²) in [5.41, 5.74) is 6.18. The van der Waals surface area contributed by atoms with E-state index in [1.165, 1.54) is 0 Å². The zero-order chi connectivity index (χ0) is 9.68. The molecule has 0 fully saturated rings. The molecule has 0 heterocycles. The summed E-state index contributed by atoms with van der Waals surface area (Å²) in [5.74, 6) is 4.12. The molecule has 0 saturated heterocycles. The molecule has 0 aliphatic rings. The monoisotopic (exact) mass is 175 g/mol. The predicted octanol–water partition coefficient (Wildman–Crippen LogP) is 0.0157. The smallest absolute Gasteiger partial charge is 0.293 e. The van der Waals surface area contributed by atoms with E-state index < -0.39 is 5.91 Å². The Morgan fingerprint density at radius 3 is 2.77 bits per heavy atom. The highest BCUT2D eigenvalue weighted by Crippen LogP contribution is 2.06. The first-order valence-electron chi connectivity index (χ1n) is 3.74. The van der Waals surface area contributed by atoms with E-state index >= 15 is 0 Å². The van der Waals surface area contributed by atoms with Crippen LogP contribution in [0.25, 0.3) is 0 Å². The molecule has 13 heavy (non-hydrogen) atoms. The predicted molar refractivity (Wildman–Crippen MR) is 48.4 cm³/mol. The maximum Gasteiger partial charge on any atom is 0.293 e. The fourth-order valence-electron chi connectivity index (χ4n) is 0.909. The fraction of sp³-hybridized carbons (Fsp3) is 0.100. The third-order valence-electron chi connectivity index (χ3n) is 1.51. The molecule has 0 aliphatic carbocycles. The molecule has 1 rings (SSSR count). The number of aliphatic hydroxyl groups is 1. The molecular formula is C10H9NO2. The number of primary amides is 1. The Kier molecular flexibility index (Phi) is 3.07. The van der Waals surface area contributed by atoms with Crippen molar-refractivity contribution in [3.05, 3.63) is 35.4 Å². The Bertz CT molecular complexity index is 374. The molecule has 0 radical (unpaired) electrons. The standard InChI is InChI=1S/C10H9NO2/c11-10(13)6-5-8-3-1-2-4-9(8)7-12/h1-4,12H,7H2,(H2,11,13). The average Bonchev–Trinajstić information content (AvgIpc) is 2.15. The second kappa shape index (κ2) is 4.29. The van der Waals surface area contributed by atoms with Gasteiger partial charge < -0.3 is 10.8 Å². The number of aliphatic hydroxyl groups excluding tert-OH is 1. The first kappa shape index (κ1) is 9.30. The number of benzene rings is 1. The third kappa shape index (κ3) is 2.62. The Morgan fingerprint density at radius 2 is 2.15 bits per heavy atom. The molecule has 0 atom stereocenters. The molecule has 0 aromatic heterocycles. The second-order valence-corrected chi connectivity index (χ2v) is 2.43. The van der Waals surface area contributed by atoms with Crippen molar-refractivity contribution in [2.45, 2.75) is 6.61 Å². The first-order chi connectivity index (χ1) is 6.24. The van der Waals surface area contributed by atoms with Crippen molar-refractivity contribution >= 4 is 5.91 Å². The van der Waals surface area contributed by atoms with Gasteiger partial charge in [-0.25, -0.2) is 0 Å². The van der Waals surface area contributed by atoms with Crippen molar-refractivity contribution in [3.8, 4) is 11.8 Å². The van der Waals surface area contributed by atoms with Crippen LogP contribution in [0, 0.1) is 11.8 Å². The summed E-state index contributed by atoms with van der Waals surface area (Å²) in [6.45, 7) is -0.0936. The molecule has 0 saturated carbocycles. The SMILES string of the molecule is NC(=O)C#Cc1ccccc1CO. The van der Waals surface area contributed by atoms with Crippen LogP contribution in [0.15, 0.2) is 24.3 Å². The van der Waals surface area contributed by atoms with Crippen LogP contribution >= 0.6 is 0 Å². The molecule has 0 aliphatic heterocycles. The normalized spacial score (nSPS) is 8.69. The number of carbonyl (C=O) groups is 1. The van der Waals surface area contributed by atoms with Crippen LogP contribution in [0.3, 0.4) is 0 Å². The van der Waals surface area contributed by atoms with Crippen LogP contribution in [0.1, 0.15) is 11.1 Å². The van der Waals surface area contributed by atoms with Crippen molar-refractivity contribution in [2.24, 2.45) is 5.73 Å². The lowest BCUT2D eigenvalue weighted by Crippen LogP contribution is -2.06. The van der Waals surface area contributed by atoms with Gasteiger partial charge in [-0.2, -0.15) is 0 Å². The summed E-state index contributed by atoms with van der Waals surface area (Å²) in [7, 11) is 0. The first-order valence-corrected chi connectivity index (χ1v) is 3.74. The Labute approximate surface area is 76.2 Å². The van der Waals surface area contributed by atoms with Crippen molar-refractivity contribution in [1.82, 2.24) is 0 Å². The van der Waals surface area contributed by atoms with Gasteiger partial charge in [0.1, 0.15) is 0 Å². The summed E-state index contributed by atoms with van der Waals surface area (Å²) < 4.78 is 0. The summed E-state index contributed by atoms with van der Waals surface area (Å²) in [6.07, 6.45) is 0. The molecule has 1 aromatic rings. The zero-order valence-electron chi connectivity index (χ0n) is 6.95. The van der Waals surface area contributed by atoms with Crippen molar-refractivity contribution < 1.29 is 9.90 Å². The van der Waals surface area contributed by atoms with E-state index in [9.17, 15) is 4.79 Å². The summed E-state index contributed by atoms with van der Waals surface area (Å²) in [4.78, 5) is 10.4. The van der Waals surface area contributed by atoms with Crippen molar-refractivity contribution in [3.63, 3.8) is 0 Å². The summed E-state index contributed by atoms with van der Waals surface area (Å²) >= 11 is 0. The van der Waals surface area contributed by atoms with Crippen LogP contribution < -0.4 is 5.73 Å². The molecule has 0 spiro atoms. The largest absolute Gasteiger partial charge is 0.392 e. The number of carbonyl (C=O) groups excluding carboxylic acids is 1. The quantitative estimate of drug-likeness (QED) is 0.591. The minimum absolute atomic E-state index is 0.0936. The van der Waals surface area contributed by atoms with E-state index in [4.69, 9.17) is 10.8 Å². The fourth-order valence-corrected chi connectivity index (χ4v) is 0.909. The van der Waals surface area contributed by atoms with Crippen molar-refractivity contribution in [1.29, 1.82) is 0 Å². The van der Waals surface area contributed by atoms with E-state index in [2.05, 4.69) is 11.8 Å². The van der Waals surface area contributed by atoms with E-state index in [-0.39, 0.29) is 6.61 Å². The van der Waals surface area contributed by atoms with Gasteiger partial charge in [0.2, 0.25) is 0 Å². The molecule has 1 amide bonds. The highest BCUT2D eigenvalue weighted by Gasteiger charge is 1.95. The summed E-state index contributed by atoms with van der Waals surface area (Å²) in [6, 6.07) is 7.04. The number of nitrogens with two attached hydrogens (primary N) is 1. The zero-order valence-corrected chi connectivity index (χ0v) is 6.95. The van der Waals surface area contributed by atoms with Gasteiger partial charge in [-0.15, -0.1) is 0 Å². The van der Waals surface area contributed by atoms with Crippen LogP contribution in [-0.4, -0.2) is 11.0 Å². The lowest BCUT2D eigenvalue weighted by atomic mass is 10.1. The van der Waals surface area contributed by atoms with Gasteiger partial charge in [-0.3, -0.25) is 4.79 Å². The molecule has 0 unspecified atom stereocenters. The lowest BCUT2D eigenvalue weighted by Gasteiger charge is -1.97. The molecular weight excluding hydrogens is 166 g/mol. The number of amides is 1. The molecule has 0 bridgehead atoms. The summed E-state index contributed by atoms with van der Waals surface area (Å²) in [5, 5.41) is 8.90. The van der Waals surface area contributed by atoms with Gasteiger partial charge in [0.25, 0.3) is 5.91 Å². The van der Waals surface area contributed by atoms with Gasteiger partial charge >= 0.3 is 0 Å². The van der Waals surface area contributed by atoms with Crippen LogP contribution in [0.4, 0.5) is 0 Å². The Balaban J connectivity index is 3.02. The maximum absolute atomic E-state index is 10.4. The van der Waals surface area contributed by atoms with E-state index in [1.807, 2.05) is 0 Å². The minimum atomic E-state index is -0.673. The van der Waals surface area contributed by atoms with Gasteiger partial charge in [0, 0.05) is 5.56 Å². The van der Waals surface area contributed by atoms with Crippen LogP contribution in [0.2, 0.25) is 0 Å². The number of hydrogen-bond acceptors (Lipinski definition) is 2. The highest BCUT2D eigenvalue weighted by molar-refractivity contribution is 5.92. The Hall–Kier alpha value is -1.79. The average molecular weight is 175 g/mol. The van der Waals surface area contributed by atoms with E-state index in [0.29, 0.717) is 11.1 Å². The van der Waals surface area contributed by atoms with Gasteiger partial charge in [0.05, 0.1) is 6.61 Å². The van der Waals surface area contributed by atoms with Crippen LogP contribution in [0.5, 0.6) is 0 Å². The van der Waals surface area contributed by atoms with E-state index in [1.54, 1.807) is 24.3 Å². The lowest BCUT2D eigenvalue weighted by molar-refractivity contribution is -0.112. The van der Waals surface area contributed by atoms with E-state index in [0.717, 1.165) is 0 Å². The number of rotatable bonds is 1. The van der Waals surface area contributed by atoms with Gasteiger partial charge in [-0.05, 0) is 17.6 Å². The maximum atomic E-state index is 10.4. The number of hydrogen-bond donors (Lipinski definition) is 2. The molecule has 1 aromatic carbocycles. The topological polar surface area (TPSA) is 63.3 Å². The minimum Gasteiger partial charge on any atom is -0.392 e. The molecule has 3 N–H and O–H groups in total. The molecule has 3 nitrogen and oxygen atoms in total. The van der Waals surface area contributed by atoms with Gasteiger partial charge in [0.15, 0.2) is 0 Å². The third-order valence-corrected chi connectivity index (χ3v) is 1.51. The Morgan fingerprint density at radius 1 is 1.46 bits per heavy atom. The van der Waals surface area contributed by atoms with Crippen LogP contribution in [-0.2, 0) is 11.4 Å². The highest BCUT2D eigenvalue weighted by atomic mass is 16.3. The van der Waals surface area contributed by atoms with Gasteiger partial charge in [-0.1, -0.05) is 24.1 Å². The molecule has 3 heteroatoms. The second-order valence-electron chi connectivity index (χ2n) is 2.43. The van der Waals surface area contributed by atoms with Crippen molar-refractivity contribution in [2.75, 3.05) is 0 Å². The molecule has 66 valence electrons.